The molecule has 106 valence electrons. The number of hydrogen-bond donors (Lipinski definition) is 1. The highest BCUT2D eigenvalue weighted by Crippen LogP contribution is 2.52. The van der Waals surface area contributed by atoms with E-state index in [0.717, 1.165) is 12.8 Å². The van der Waals surface area contributed by atoms with E-state index in [4.69, 9.17) is 15.0 Å². The summed E-state index contributed by atoms with van der Waals surface area (Å²) < 4.78 is 10.7. The minimum absolute atomic E-state index is 0.0994. The molecule has 0 saturated heterocycles. The first-order valence-corrected chi connectivity index (χ1v) is 6.99. The number of nitrogens with zero attached hydrogens (tertiary/aromatic N) is 2. The van der Waals surface area contributed by atoms with Gasteiger partial charge in [0.05, 0.1) is 18.1 Å². The molecule has 20 heavy (non-hydrogen) atoms. The van der Waals surface area contributed by atoms with Crippen LogP contribution in [-0.2, 0) is 10.2 Å². The van der Waals surface area contributed by atoms with Crippen molar-refractivity contribution in [3.05, 3.63) is 47.6 Å². The Morgan fingerprint density at radius 3 is 2.75 bits per heavy atom. The summed E-state index contributed by atoms with van der Waals surface area (Å²) in [7, 11) is 0. The van der Waals surface area contributed by atoms with Crippen molar-refractivity contribution in [1.82, 2.24) is 10.1 Å². The second-order valence-corrected chi connectivity index (χ2v) is 5.17. The van der Waals surface area contributed by atoms with E-state index in [2.05, 4.69) is 22.3 Å². The van der Waals surface area contributed by atoms with E-state index in [9.17, 15) is 0 Å². The lowest BCUT2D eigenvalue weighted by Crippen LogP contribution is -2.19. The van der Waals surface area contributed by atoms with Gasteiger partial charge in [-0.25, -0.2) is 0 Å². The van der Waals surface area contributed by atoms with E-state index in [1.807, 2.05) is 25.1 Å². The SMILES string of the molecule is CCOCC(N)c1noc(C2(c3ccccc3)CC2)n1. The third-order valence-corrected chi connectivity index (χ3v) is 3.76. The van der Waals surface area contributed by atoms with Crippen molar-refractivity contribution in [2.75, 3.05) is 13.2 Å². The Morgan fingerprint density at radius 2 is 2.10 bits per heavy atom. The van der Waals surface area contributed by atoms with Crippen LogP contribution in [0.25, 0.3) is 0 Å². The maximum absolute atomic E-state index is 5.99. The molecule has 0 spiro atoms. The summed E-state index contributed by atoms with van der Waals surface area (Å²) in [6.45, 7) is 2.98. The van der Waals surface area contributed by atoms with Gasteiger partial charge < -0.3 is 15.0 Å². The van der Waals surface area contributed by atoms with Crippen molar-refractivity contribution in [2.24, 2.45) is 5.73 Å². The molecule has 5 heteroatoms. The van der Waals surface area contributed by atoms with Crippen LogP contribution >= 0.6 is 0 Å². The molecule has 2 N–H and O–H groups in total. The van der Waals surface area contributed by atoms with E-state index < -0.39 is 0 Å². The average Bonchev–Trinajstić information content (AvgIpc) is 3.16. The molecule has 1 aliphatic carbocycles. The number of benzene rings is 1. The van der Waals surface area contributed by atoms with Crippen molar-refractivity contribution >= 4 is 0 Å². The first-order chi connectivity index (χ1) is 9.76. The Hall–Kier alpha value is -1.72. The van der Waals surface area contributed by atoms with Gasteiger partial charge in [0.25, 0.3) is 0 Å². The molecular weight excluding hydrogens is 254 g/mol. The summed E-state index contributed by atoms with van der Waals surface area (Å²) in [6.07, 6.45) is 2.08. The van der Waals surface area contributed by atoms with Gasteiger partial charge in [-0.1, -0.05) is 35.5 Å². The van der Waals surface area contributed by atoms with Crippen LogP contribution in [0.15, 0.2) is 34.9 Å². The Labute approximate surface area is 118 Å². The van der Waals surface area contributed by atoms with Gasteiger partial charge in [-0.05, 0) is 25.3 Å². The molecule has 1 aromatic heterocycles. The monoisotopic (exact) mass is 273 g/mol. The third-order valence-electron chi connectivity index (χ3n) is 3.76. The van der Waals surface area contributed by atoms with Gasteiger partial charge >= 0.3 is 0 Å². The van der Waals surface area contributed by atoms with Crippen molar-refractivity contribution in [2.45, 2.75) is 31.2 Å². The lowest BCUT2D eigenvalue weighted by molar-refractivity contribution is 0.130. The van der Waals surface area contributed by atoms with Crippen molar-refractivity contribution in [1.29, 1.82) is 0 Å². The van der Waals surface area contributed by atoms with E-state index in [0.29, 0.717) is 24.9 Å². The molecule has 3 rings (SSSR count). The molecule has 0 amide bonds. The second-order valence-electron chi connectivity index (χ2n) is 5.17. The van der Waals surface area contributed by atoms with Gasteiger partial charge in [-0.15, -0.1) is 0 Å². The topological polar surface area (TPSA) is 74.2 Å². The fourth-order valence-electron chi connectivity index (χ4n) is 2.41. The lowest BCUT2D eigenvalue weighted by Gasteiger charge is -2.10. The Kier molecular flexibility index (Phi) is 3.54. The first kappa shape index (κ1) is 13.3. The van der Waals surface area contributed by atoms with Gasteiger partial charge in [0.2, 0.25) is 5.89 Å². The van der Waals surface area contributed by atoms with Crippen LogP contribution < -0.4 is 5.73 Å². The summed E-state index contributed by atoms with van der Waals surface area (Å²) >= 11 is 0. The van der Waals surface area contributed by atoms with Crippen LogP contribution in [0.1, 0.15) is 43.1 Å². The normalized spacial score (nSPS) is 17.9. The molecule has 1 fully saturated rings. The number of nitrogens with two attached hydrogens (primary N) is 1. The van der Waals surface area contributed by atoms with Gasteiger partial charge in [0.1, 0.15) is 0 Å². The molecule has 1 saturated carbocycles. The Bertz CT molecular complexity index is 564. The summed E-state index contributed by atoms with van der Waals surface area (Å²) in [5, 5.41) is 4.01. The highest BCUT2D eigenvalue weighted by molar-refractivity contribution is 5.38. The zero-order chi connectivity index (χ0) is 14.0. The predicted molar refractivity (Wildman–Crippen MR) is 74.2 cm³/mol. The molecule has 0 bridgehead atoms. The summed E-state index contributed by atoms with van der Waals surface area (Å²) in [5.41, 5.74) is 7.12. The van der Waals surface area contributed by atoms with Crippen molar-refractivity contribution in [3.8, 4) is 0 Å². The molecule has 2 aromatic rings. The van der Waals surface area contributed by atoms with Gasteiger partial charge in [0.15, 0.2) is 5.82 Å². The van der Waals surface area contributed by atoms with Gasteiger partial charge in [-0.3, -0.25) is 0 Å². The summed E-state index contributed by atoms with van der Waals surface area (Å²) in [6, 6.07) is 9.96. The number of ether oxygens (including phenoxy) is 1. The van der Waals surface area contributed by atoms with Crippen LogP contribution in [-0.4, -0.2) is 23.4 Å². The second kappa shape index (κ2) is 5.34. The molecule has 1 heterocycles. The number of rotatable bonds is 6. The standard InChI is InChI=1S/C15H19N3O2/c1-2-19-10-12(16)13-17-14(20-18-13)15(8-9-15)11-6-4-3-5-7-11/h3-7,12H,2,8-10,16H2,1H3. The molecule has 5 nitrogen and oxygen atoms in total. The van der Waals surface area contributed by atoms with E-state index in [1.54, 1.807) is 0 Å². The van der Waals surface area contributed by atoms with Gasteiger partial charge in [0, 0.05) is 6.61 Å². The fourth-order valence-corrected chi connectivity index (χ4v) is 2.41. The van der Waals surface area contributed by atoms with Gasteiger partial charge in [-0.2, -0.15) is 4.98 Å². The molecule has 1 atom stereocenters. The smallest absolute Gasteiger partial charge is 0.237 e. The van der Waals surface area contributed by atoms with Crippen LogP contribution in [0.4, 0.5) is 0 Å². The summed E-state index contributed by atoms with van der Waals surface area (Å²) in [5.74, 6) is 1.20. The van der Waals surface area contributed by atoms with E-state index in [1.165, 1.54) is 5.56 Å². The van der Waals surface area contributed by atoms with Crippen molar-refractivity contribution in [3.63, 3.8) is 0 Å². The number of aromatic nitrogens is 2. The van der Waals surface area contributed by atoms with E-state index >= 15 is 0 Å². The average molecular weight is 273 g/mol. The molecule has 0 radical (unpaired) electrons. The maximum Gasteiger partial charge on any atom is 0.237 e. The van der Waals surface area contributed by atoms with Crippen LogP contribution in [0, 0.1) is 0 Å². The van der Waals surface area contributed by atoms with Crippen LogP contribution in [0.5, 0.6) is 0 Å². The minimum atomic E-state index is -0.334. The predicted octanol–water partition coefficient (Wildman–Crippen LogP) is 2.19. The Morgan fingerprint density at radius 1 is 1.35 bits per heavy atom. The maximum atomic E-state index is 5.99. The zero-order valence-corrected chi connectivity index (χ0v) is 11.6. The quantitative estimate of drug-likeness (QED) is 0.873. The van der Waals surface area contributed by atoms with Crippen molar-refractivity contribution < 1.29 is 9.26 Å². The minimum Gasteiger partial charge on any atom is -0.380 e. The fraction of sp³-hybridized carbons (Fsp3) is 0.467. The first-order valence-electron chi connectivity index (χ1n) is 6.99. The molecular formula is C15H19N3O2. The number of hydrogen-bond acceptors (Lipinski definition) is 5. The molecule has 1 aromatic carbocycles. The molecule has 1 aliphatic rings. The lowest BCUT2D eigenvalue weighted by atomic mass is 9.96. The third kappa shape index (κ3) is 2.34. The Balaban J connectivity index is 1.80. The molecule has 0 aliphatic heterocycles. The summed E-state index contributed by atoms with van der Waals surface area (Å²) in [4.78, 5) is 4.49. The molecule has 1 unspecified atom stereocenters. The van der Waals surface area contributed by atoms with Crippen LogP contribution in [0.3, 0.4) is 0 Å². The highest BCUT2D eigenvalue weighted by Gasteiger charge is 2.50. The highest BCUT2D eigenvalue weighted by atomic mass is 16.5. The zero-order valence-electron chi connectivity index (χ0n) is 11.6. The van der Waals surface area contributed by atoms with Crippen LogP contribution in [0.2, 0.25) is 0 Å². The largest absolute Gasteiger partial charge is 0.380 e. The van der Waals surface area contributed by atoms with E-state index in [-0.39, 0.29) is 11.5 Å².